The van der Waals surface area contributed by atoms with Gasteiger partial charge in [0.2, 0.25) is 0 Å². The highest BCUT2D eigenvalue weighted by Gasteiger charge is 2.20. The quantitative estimate of drug-likeness (QED) is 0.779. The summed E-state index contributed by atoms with van der Waals surface area (Å²) in [6.45, 7) is 1.78. The molecule has 1 atom stereocenters. The molecule has 0 saturated carbocycles. The van der Waals surface area contributed by atoms with Crippen LogP contribution in [0.4, 0.5) is 0 Å². The Bertz CT molecular complexity index is 310. The first kappa shape index (κ1) is 10.4. The number of hydrogen-bond donors (Lipinski definition) is 1. The van der Waals surface area contributed by atoms with Crippen molar-refractivity contribution < 1.29 is 14.6 Å². The number of hydrogen-bond acceptors (Lipinski definition) is 4. The monoisotopic (exact) mass is 196 g/mol. The van der Waals surface area contributed by atoms with Gasteiger partial charge in [0.15, 0.2) is 5.75 Å². The minimum absolute atomic E-state index is 0.320. The minimum atomic E-state index is -0.905. The molecule has 0 fully saturated rings. The molecule has 1 aromatic heterocycles. The standard InChI is InChI=1S/C9H12N2O3/c1-3-7(9(12)13)8-10-4-6(14-2)5-11-8/h4-5,7H,3H2,1-2H3,(H,12,13). The molecule has 1 unspecified atom stereocenters. The highest BCUT2D eigenvalue weighted by molar-refractivity contribution is 5.74. The Labute approximate surface area is 81.8 Å². The van der Waals surface area contributed by atoms with Gasteiger partial charge >= 0.3 is 5.97 Å². The number of carboxylic acids is 1. The number of aromatic nitrogens is 2. The predicted octanol–water partition coefficient (Wildman–Crippen LogP) is 1.06. The molecule has 14 heavy (non-hydrogen) atoms. The molecule has 1 rings (SSSR count). The van der Waals surface area contributed by atoms with Crippen molar-refractivity contribution in [2.24, 2.45) is 0 Å². The first-order valence-corrected chi connectivity index (χ1v) is 4.27. The summed E-state index contributed by atoms with van der Waals surface area (Å²) in [5, 5.41) is 8.84. The lowest BCUT2D eigenvalue weighted by Gasteiger charge is -2.07. The molecule has 1 aromatic rings. The van der Waals surface area contributed by atoms with Crippen molar-refractivity contribution in [2.45, 2.75) is 19.3 Å². The van der Waals surface area contributed by atoms with E-state index in [1.54, 1.807) is 6.92 Å². The van der Waals surface area contributed by atoms with Crippen LogP contribution in [0.25, 0.3) is 0 Å². The van der Waals surface area contributed by atoms with Gasteiger partial charge in [-0.2, -0.15) is 0 Å². The maximum absolute atomic E-state index is 10.8. The predicted molar refractivity (Wildman–Crippen MR) is 49.3 cm³/mol. The van der Waals surface area contributed by atoms with E-state index in [2.05, 4.69) is 9.97 Å². The van der Waals surface area contributed by atoms with Gasteiger partial charge in [0.1, 0.15) is 11.7 Å². The van der Waals surface area contributed by atoms with Crippen LogP contribution in [0.5, 0.6) is 5.75 Å². The molecule has 1 heterocycles. The molecule has 0 aliphatic rings. The Balaban J connectivity index is 2.89. The second kappa shape index (κ2) is 4.55. The SMILES string of the molecule is CCC(C(=O)O)c1ncc(OC)cn1. The van der Waals surface area contributed by atoms with Crippen LogP contribution in [0.1, 0.15) is 25.1 Å². The van der Waals surface area contributed by atoms with Gasteiger partial charge in [-0.3, -0.25) is 4.79 Å². The number of ether oxygens (including phenoxy) is 1. The topological polar surface area (TPSA) is 72.3 Å². The van der Waals surface area contributed by atoms with Crippen LogP contribution in [-0.4, -0.2) is 28.2 Å². The molecule has 5 nitrogen and oxygen atoms in total. The Hall–Kier alpha value is -1.65. The molecule has 0 radical (unpaired) electrons. The summed E-state index contributed by atoms with van der Waals surface area (Å²) in [5.74, 6) is -0.701. The summed E-state index contributed by atoms with van der Waals surface area (Å²) < 4.78 is 4.87. The summed E-state index contributed by atoms with van der Waals surface area (Å²) in [5.41, 5.74) is 0. The molecule has 0 saturated heterocycles. The second-order valence-electron chi connectivity index (χ2n) is 2.78. The van der Waals surface area contributed by atoms with Gasteiger partial charge < -0.3 is 9.84 Å². The van der Waals surface area contributed by atoms with Crippen LogP contribution < -0.4 is 4.74 Å². The normalized spacial score (nSPS) is 12.1. The number of rotatable bonds is 4. The molecule has 76 valence electrons. The van der Waals surface area contributed by atoms with Crippen molar-refractivity contribution in [1.82, 2.24) is 9.97 Å². The molecule has 0 aromatic carbocycles. The fourth-order valence-electron chi connectivity index (χ4n) is 1.08. The Morgan fingerprint density at radius 1 is 1.57 bits per heavy atom. The fourth-order valence-corrected chi connectivity index (χ4v) is 1.08. The summed E-state index contributed by atoms with van der Waals surface area (Å²) in [6, 6.07) is 0. The molecule has 0 aliphatic heterocycles. The summed E-state index contributed by atoms with van der Waals surface area (Å²) in [6.07, 6.45) is 3.41. The molecule has 0 amide bonds. The zero-order chi connectivity index (χ0) is 10.6. The fraction of sp³-hybridized carbons (Fsp3) is 0.444. The van der Waals surface area contributed by atoms with Crippen molar-refractivity contribution >= 4 is 5.97 Å². The smallest absolute Gasteiger partial charge is 0.314 e. The van der Waals surface area contributed by atoms with Crippen LogP contribution in [0.2, 0.25) is 0 Å². The van der Waals surface area contributed by atoms with Crippen molar-refractivity contribution in [3.8, 4) is 5.75 Å². The van der Waals surface area contributed by atoms with E-state index in [1.165, 1.54) is 19.5 Å². The van der Waals surface area contributed by atoms with Crippen molar-refractivity contribution in [3.63, 3.8) is 0 Å². The number of carboxylic acid groups (broad SMARTS) is 1. The van der Waals surface area contributed by atoms with E-state index in [0.717, 1.165) is 0 Å². The van der Waals surface area contributed by atoms with Gasteiger partial charge in [0.25, 0.3) is 0 Å². The lowest BCUT2D eigenvalue weighted by molar-refractivity contribution is -0.139. The second-order valence-corrected chi connectivity index (χ2v) is 2.78. The third-order valence-electron chi connectivity index (χ3n) is 1.90. The van der Waals surface area contributed by atoms with Crippen LogP contribution >= 0.6 is 0 Å². The van der Waals surface area contributed by atoms with E-state index in [-0.39, 0.29) is 0 Å². The van der Waals surface area contributed by atoms with Crippen molar-refractivity contribution in [2.75, 3.05) is 7.11 Å². The summed E-state index contributed by atoms with van der Waals surface area (Å²) >= 11 is 0. The third kappa shape index (κ3) is 2.18. The van der Waals surface area contributed by atoms with Gasteiger partial charge in [-0.15, -0.1) is 0 Å². The highest BCUT2D eigenvalue weighted by Crippen LogP contribution is 2.16. The molecule has 0 spiro atoms. The lowest BCUT2D eigenvalue weighted by Crippen LogP contribution is -2.13. The van der Waals surface area contributed by atoms with E-state index in [9.17, 15) is 4.79 Å². The van der Waals surface area contributed by atoms with E-state index >= 15 is 0 Å². The third-order valence-corrected chi connectivity index (χ3v) is 1.90. The summed E-state index contributed by atoms with van der Waals surface area (Å²) in [7, 11) is 1.51. The number of carbonyl (C=O) groups is 1. The number of methoxy groups -OCH3 is 1. The number of aliphatic carboxylic acids is 1. The molecule has 5 heteroatoms. The van der Waals surface area contributed by atoms with Crippen LogP contribution in [-0.2, 0) is 4.79 Å². The maximum Gasteiger partial charge on any atom is 0.314 e. The lowest BCUT2D eigenvalue weighted by atomic mass is 10.1. The average Bonchev–Trinajstić information content (AvgIpc) is 2.19. The van der Waals surface area contributed by atoms with Gasteiger partial charge in [0, 0.05) is 0 Å². The zero-order valence-corrected chi connectivity index (χ0v) is 8.10. The molecular formula is C9H12N2O3. The highest BCUT2D eigenvalue weighted by atomic mass is 16.5. The maximum atomic E-state index is 10.8. The van der Waals surface area contributed by atoms with E-state index in [1.807, 2.05) is 0 Å². The van der Waals surface area contributed by atoms with Gasteiger partial charge in [0.05, 0.1) is 19.5 Å². The first-order chi connectivity index (χ1) is 6.69. The Morgan fingerprint density at radius 3 is 2.50 bits per heavy atom. The van der Waals surface area contributed by atoms with Crippen LogP contribution in [0, 0.1) is 0 Å². The molecule has 0 aliphatic carbocycles. The Kier molecular flexibility index (Phi) is 3.39. The van der Waals surface area contributed by atoms with Gasteiger partial charge in [-0.1, -0.05) is 6.92 Å². The molecule has 0 bridgehead atoms. The van der Waals surface area contributed by atoms with E-state index < -0.39 is 11.9 Å². The van der Waals surface area contributed by atoms with E-state index in [0.29, 0.717) is 18.0 Å². The van der Waals surface area contributed by atoms with E-state index in [4.69, 9.17) is 9.84 Å². The van der Waals surface area contributed by atoms with Crippen LogP contribution in [0.3, 0.4) is 0 Å². The van der Waals surface area contributed by atoms with Gasteiger partial charge in [-0.05, 0) is 6.42 Å². The Morgan fingerprint density at radius 2 is 2.14 bits per heavy atom. The van der Waals surface area contributed by atoms with Crippen molar-refractivity contribution in [1.29, 1.82) is 0 Å². The molecular weight excluding hydrogens is 184 g/mol. The largest absolute Gasteiger partial charge is 0.494 e. The van der Waals surface area contributed by atoms with Crippen molar-refractivity contribution in [3.05, 3.63) is 18.2 Å². The van der Waals surface area contributed by atoms with Crippen LogP contribution in [0.15, 0.2) is 12.4 Å². The average molecular weight is 196 g/mol. The first-order valence-electron chi connectivity index (χ1n) is 4.27. The summed E-state index contributed by atoms with van der Waals surface area (Å²) in [4.78, 5) is 18.6. The van der Waals surface area contributed by atoms with Gasteiger partial charge in [-0.25, -0.2) is 9.97 Å². The minimum Gasteiger partial charge on any atom is -0.494 e. The zero-order valence-electron chi connectivity index (χ0n) is 8.10. The number of nitrogens with zero attached hydrogens (tertiary/aromatic N) is 2. The molecule has 1 N–H and O–H groups in total.